The van der Waals surface area contributed by atoms with Crippen molar-refractivity contribution in [1.29, 1.82) is 0 Å². The number of hydrogen-bond donors (Lipinski definition) is 1. The first-order chi connectivity index (χ1) is 13.1. The molecule has 4 nitrogen and oxygen atoms in total. The van der Waals surface area contributed by atoms with Crippen molar-refractivity contribution >= 4 is 27.5 Å². The molecule has 140 valence electrons. The Morgan fingerprint density at radius 1 is 1.11 bits per heavy atom. The molecule has 0 saturated carbocycles. The molecule has 0 atom stereocenters. The third-order valence-corrected chi connectivity index (χ3v) is 4.99. The summed E-state index contributed by atoms with van der Waals surface area (Å²) in [6, 6.07) is 14.0. The third-order valence-electron chi connectivity index (χ3n) is 4.49. The summed E-state index contributed by atoms with van der Waals surface area (Å²) in [4.78, 5) is 16.8. The average molecular weight is 427 g/mol. The number of aromatic nitrogens is 1. The molecule has 0 spiro atoms. The van der Waals surface area contributed by atoms with Crippen LogP contribution in [0.25, 0.3) is 11.3 Å². The van der Waals surface area contributed by atoms with E-state index in [-0.39, 0.29) is 5.91 Å². The van der Waals surface area contributed by atoms with Crippen LogP contribution >= 0.6 is 15.9 Å². The van der Waals surface area contributed by atoms with Gasteiger partial charge in [-0.25, -0.2) is 4.98 Å². The van der Waals surface area contributed by atoms with Gasteiger partial charge in [0.2, 0.25) is 5.91 Å². The number of anilines is 1. The number of carbonyl (C=O) groups excluding carboxylic acids is 1. The highest BCUT2D eigenvalue weighted by Gasteiger charge is 2.12. The molecule has 27 heavy (non-hydrogen) atoms. The number of hydrogen-bond acceptors (Lipinski definition) is 3. The van der Waals surface area contributed by atoms with Crippen LogP contribution in [0.5, 0.6) is 0 Å². The zero-order chi connectivity index (χ0) is 19.2. The van der Waals surface area contributed by atoms with Crippen molar-refractivity contribution in [2.24, 2.45) is 0 Å². The minimum Gasteiger partial charge on any atom is -0.441 e. The first-order valence-electron chi connectivity index (χ1n) is 9.22. The number of halogens is 1. The van der Waals surface area contributed by atoms with Crippen molar-refractivity contribution in [2.75, 3.05) is 5.32 Å². The molecule has 0 bridgehead atoms. The Bertz CT molecular complexity index is 911. The van der Waals surface area contributed by atoms with Gasteiger partial charge in [0.25, 0.3) is 0 Å². The fourth-order valence-electron chi connectivity index (χ4n) is 3.03. The van der Waals surface area contributed by atoms with Gasteiger partial charge in [-0.2, -0.15) is 0 Å². The van der Waals surface area contributed by atoms with Crippen LogP contribution in [0.15, 0.2) is 57.6 Å². The Hall–Kier alpha value is -2.40. The lowest BCUT2D eigenvalue weighted by Gasteiger charge is -2.14. The fourth-order valence-corrected chi connectivity index (χ4v) is 3.43. The van der Waals surface area contributed by atoms with E-state index in [4.69, 9.17) is 4.42 Å². The molecule has 1 heterocycles. The lowest BCUT2D eigenvalue weighted by molar-refractivity contribution is -0.116. The lowest BCUT2D eigenvalue weighted by atomic mass is 10.0. The molecule has 1 aromatic heterocycles. The number of carbonyl (C=O) groups is 1. The Labute approximate surface area is 168 Å². The number of amides is 1. The number of nitrogens with one attached hydrogen (secondary N) is 1. The molecule has 1 amide bonds. The van der Waals surface area contributed by atoms with Crippen molar-refractivity contribution in [2.45, 2.75) is 39.5 Å². The second kappa shape index (κ2) is 9.00. The van der Waals surface area contributed by atoms with Gasteiger partial charge in [0, 0.05) is 28.6 Å². The predicted molar refractivity (Wildman–Crippen MR) is 112 cm³/mol. The van der Waals surface area contributed by atoms with Gasteiger partial charge in [-0.1, -0.05) is 60.1 Å². The number of oxazole rings is 1. The third kappa shape index (κ3) is 4.86. The lowest BCUT2D eigenvalue weighted by Crippen LogP contribution is -2.15. The summed E-state index contributed by atoms with van der Waals surface area (Å²) in [5, 5.41) is 3.08. The number of rotatable bonds is 7. The maximum Gasteiger partial charge on any atom is 0.224 e. The number of para-hydroxylation sites is 1. The summed E-state index contributed by atoms with van der Waals surface area (Å²) >= 11 is 3.46. The summed E-state index contributed by atoms with van der Waals surface area (Å²) in [7, 11) is 0. The van der Waals surface area contributed by atoms with E-state index < -0.39 is 0 Å². The molecule has 0 radical (unpaired) electrons. The van der Waals surface area contributed by atoms with Gasteiger partial charge in [-0.05, 0) is 36.1 Å². The second-order valence-electron chi connectivity index (χ2n) is 6.34. The van der Waals surface area contributed by atoms with Crippen LogP contribution in [0.4, 0.5) is 5.69 Å². The fraction of sp³-hybridized carbons (Fsp3) is 0.273. The van der Waals surface area contributed by atoms with E-state index in [1.54, 1.807) is 6.20 Å². The van der Waals surface area contributed by atoms with Crippen LogP contribution in [0.3, 0.4) is 0 Å². The van der Waals surface area contributed by atoms with Crippen LogP contribution in [0.1, 0.15) is 37.3 Å². The molecule has 3 rings (SSSR count). The standard InChI is InChI=1S/C22H23BrN2O2/c1-3-15-7-5-8-16(4-2)22(15)25-20(26)11-12-21-24-14-19(27-21)17-9-6-10-18(23)13-17/h5-10,13-14H,3-4,11-12H2,1-2H3,(H,25,26). The summed E-state index contributed by atoms with van der Waals surface area (Å²) in [5.74, 6) is 1.25. The molecule has 3 aromatic rings. The number of benzene rings is 2. The molecule has 0 aliphatic carbocycles. The Morgan fingerprint density at radius 3 is 2.48 bits per heavy atom. The van der Waals surface area contributed by atoms with E-state index in [1.807, 2.05) is 30.3 Å². The first-order valence-corrected chi connectivity index (χ1v) is 10.0. The highest BCUT2D eigenvalue weighted by Crippen LogP contribution is 2.25. The Kier molecular flexibility index (Phi) is 6.45. The molecule has 1 N–H and O–H groups in total. The van der Waals surface area contributed by atoms with E-state index in [1.165, 1.54) is 0 Å². The van der Waals surface area contributed by atoms with Crippen LogP contribution in [-0.4, -0.2) is 10.9 Å². The zero-order valence-corrected chi connectivity index (χ0v) is 17.2. The smallest absolute Gasteiger partial charge is 0.224 e. The minimum absolute atomic E-state index is 0.0206. The van der Waals surface area contributed by atoms with E-state index in [2.05, 4.69) is 52.2 Å². The predicted octanol–water partition coefficient (Wildman–Crippen LogP) is 5.80. The molecule has 0 fully saturated rings. The van der Waals surface area contributed by atoms with E-state index in [0.29, 0.717) is 24.5 Å². The van der Waals surface area contributed by atoms with Gasteiger partial charge in [-0.15, -0.1) is 0 Å². The molecular weight excluding hydrogens is 404 g/mol. The van der Waals surface area contributed by atoms with Crippen molar-refractivity contribution in [1.82, 2.24) is 4.98 Å². The van der Waals surface area contributed by atoms with E-state index >= 15 is 0 Å². The molecule has 0 aliphatic heterocycles. The van der Waals surface area contributed by atoms with Crippen LogP contribution in [-0.2, 0) is 24.1 Å². The maximum atomic E-state index is 12.5. The monoisotopic (exact) mass is 426 g/mol. The summed E-state index contributed by atoms with van der Waals surface area (Å²) < 4.78 is 6.79. The summed E-state index contributed by atoms with van der Waals surface area (Å²) in [6.07, 6.45) is 4.28. The van der Waals surface area contributed by atoms with Gasteiger partial charge < -0.3 is 9.73 Å². The van der Waals surface area contributed by atoms with Gasteiger partial charge >= 0.3 is 0 Å². The molecular formula is C22H23BrN2O2. The van der Waals surface area contributed by atoms with Crippen molar-refractivity contribution in [3.8, 4) is 11.3 Å². The normalized spacial score (nSPS) is 10.8. The maximum absolute atomic E-state index is 12.5. The summed E-state index contributed by atoms with van der Waals surface area (Å²) in [6.45, 7) is 4.20. The largest absolute Gasteiger partial charge is 0.441 e. The van der Waals surface area contributed by atoms with Crippen LogP contribution in [0, 0.1) is 0 Å². The average Bonchev–Trinajstić information content (AvgIpc) is 3.15. The molecule has 0 unspecified atom stereocenters. The summed E-state index contributed by atoms with van der Waals surface area (Å²) in [5.41, 5.74) is 4.23. The Balaban J connectivity index is 1.64. The minimum atomic E-state index is -0.0206. The molecule has 0 aliphatic rings. The molecule has 5 heteroatoms. The number of aryl methyl sites for hydroxylation is 3. The highest BCUT2D eigenvalue weighted by molar-refractivity contribution is 9.10. The topological polar surface area (TPSA) is 55.1 Å². The van der Waals surface area contributed by atoms with E-state index in [0.717, 1.165) is 39.7 Å². The van der Waals surface area contributed by atoms with Crippen molar-refractivity contribution in [3.05, 3.63) is 70.2 Å². The quantitative estimate of drug-likeness (QED) is 0.519. The zero-order valence-electron chi connectivity index (χ0n) is 15.6. The van der Waals surface area contributed by atoms with Gasteiger partial charge in [0.15, 0.2) is 11.7 Å². The molecule has 2 aromatic carbocycles. The van der Waals surface area contributed by atoms with E-state index in [9.17, 15) is 4.79 Å². The van der Waals surface area contributed by atoms with Gasteiger partial charge in [0.1, 0.15) is 0 Å². The first kappa shape index (κ1) is 19.4. The Morgan fingerprint density at radius 2 is 1.81 bits per heavy atom. The highest BCUT2D eigenvalue weighted by atomic mass is 79.9. The van der Waals surface area contributed by atoms with Crippen LogP contribution < -0.4 is 5.32 Å². The van der Waals surface area contributed by atoms with Crippen molar-refractivity contribution in [3.63, 3.8) is 0 Å². The second-order valence-corrected chi connectivity index (χ2v) is 7.25. The van der Waals surface area contributed by atoms with Gasteiger partial charge in [-0.3, -0.25) is 4.79 Å². The van der Waals surface area contributed by atoms with Crippen LogP contribution in [0.2, 0.25) is 0 Å². The SMILES string of the molecule is CCc1cccc(CC)c1NC(=O)CCc1ncc(-c2cccc(Br)c2)o1. The molecule has 0 saturated heterocycles. The van der Waals surface area contributed by atoms with Crippen molar-refractivity contribution < 1.29 is 9.21 Å². The van der Waals surface area contributed by atoms with Gasteiger partial charge in [0.05, 0.1) is 6.20 Å². The number of nitrogens with zero attached hydrogens (tertiary/aromatic N) is 1.